The van der Waals surface area contributed by atoms with Crippen LogP contribution < -0.4 is 10.6 Å². The van der Waals surface area contributed by atoms with Crippen LogP contribution in [0.4, 0.5) is 0 Å². The lowest BCUT2D eigenvalue weighted by atomic mass is 9.51. The van der Waals surface area contributed by atoms with Gasteiger partial charge in [0.25, 0.3) is 5.91 Å². The number of ether oxygens (including phenoxy) is 1. The summed E-state index contributed by atoms with van der Waals surface area (Å²) in [6, 6.07) is 1.97. The molecule has 31 heavy (non-hydrogen) atoms. The number of carbonyl (C=O) groups is 2. The highest BCUT2D eigenvalue weighted by Crippen LogP contribution is 2.55. The van der Waals surface area contributed by atoms with Gasteiger partial charge in [-0.05, 0) is 55.9 Å². The van der Waals surface area contributed by atoms with Crippen molar-refractivity contribution < 1.29 is 14.3 Å². The average molecular weight is 427 g/mol. The van der Waals surface area contributed by atoms with Crippen molar-refractivity contribution in [1.82, 2.24) is 30.2 Å². The Kier molecular flexibility index (Phi) is 5.08. The van der Waals surface area contributed by atoms with Crippen LogP contribution in [0.25, 0.3) is 5.82 Å². The first-order valence-corrected chi connectivity index (χ1v) is 11.1. The first-order valence-electron chi connectivity index (χ1n) is 11.1. The fourth-order valence-electron chi connectivity index (χ4n) is 6.53. The zero-order chi connectivity index (χ0) is 21.6. The Hall–Kier alpha value is -2.68. The van der Waals surface area contributed by atoms with E-state index in [0.717, 1.165) is 32.1 Å². The van der Waals surface area contributed by atoms with E-state index in [4.69, 9.17) is 4.74 Å². The molecule has 9 nitrogen and oxygen atoms in total. The summed E-state index contributed by atoms with van der Waals surface area (Å²) in [5, 5.41) is 15.3. The van der Waals surface area contributed by atoms with Gasteiger partial charge in [-0.1, -0.05) is 0 Å². The number of methoxy groups -OCH3 is 1. The van der Waals surface area contributed by atoms with E-state index in [9.17, 15) is 9.59 Å². The van der Waals surface area contributed by atoms with Crippen molar-refractivity contribution in [1.29, 1.82) is 0 Å². The predicted octanol–water partition coefficient (Wildman–Crippen LogP) is 1.53. The second kappa shape index (κ2) is 7.78. The Morgan fingerprint density at radius 3 is 2.65 bits per heavy atom. The topological polar surface area (TPSA) is 103 Å². The molecule has 2 aromatic rings. The smallest absolute Gasteiger partial charge is 0.256 e. The number of hydrogen-bond donors (Lipinski definition) is 2. The summed E-state index contributed by atoms with van der Waals surface area (Å²) in [5.41, 5.74) is 0.444. The monoisotopic (exact) mass is 426 g/mol. The Balaban J connectivity index is 1.37. The third-order valence-corrected chi connectivity index (χ3v) is 7.30. The zero-order valence-electron chi connectivity index (χ0n) is 18.1. The van der Waals surface area contributed by atoms with Crippen LogP contribution in [0.3, 0.4) is 0 Å². The van der Waals surface area contributed by atoms with Crippen LogP contribution in [0.15, 0.2) is 24.7 Å². The van der Waals surface area contributed by atoms with Gasteiger partial charge in [0.1, 0.15) is 5.56 Å². The minimum Gasteiger partial charge on any atom is -0.383 e. The van der Waals surface area contributed by atoms with Crippen LogP contribution >= 0.6 is 0 Å². The van der Waals surface area contributed by atoms with Crippen LogP contribution in [0.2, 0.25) is 0 Å². The number of nitrogens with one attached hydrogen (secondary N) is 2. The molecule has 2 amide bonds. The first kappa shape index (κ1) is 20.2. The largest absolute Gasteiger partial charge is 0.383 e. The molecule has 0 saturated heterocycles. The lowest BCUT2D eigenvalue weighted by molar-refractivity contribution is -0.125. The lowest BCUT2D eigenvalue weighted by Crippen LogP contribution is -2.66. The lowest BCUT2D eigenvalue weighted by Gasteiger charge is -2.60. The average Bonchev–Trinajstić information content (AvgIpc) is 3.36. The second-order valence-electron chi connectivity index (χ2n) is 9.48. The van der Waals surface area contributed by atoms with E-state index in [2.05, 4.69) is 20.8 Å². The molecule has 4 bridgehead atoms. The summed E-state index contributed by atoms with van der Waals surface area (Å²) in [5.74, 6) is 2.04. The van der Waals surface area contributed by atoms with Crippen molar-refractivity contribution in [2.45, 2.75) is 57.2 Å². The van der Waals surface area contributed by atoms with Gasteiger partial charge in [-0.15, -0.1) is 0 Å². The molecule has 166 valence electrons. The minimum atomic E-state index is -0.111. The summed E-state index contributed by atoms with van der Waals surface area (Å²) >= 11 is 0. The van der Waals surface area contributed by atoms with E-state index >= 15 is 0 Å². The molecule has 2 unspecified atom stereocenters. The van der Waals surface area contributed by atoms with E-state index < -0.39 is 0 Å². The van der Waals surface area contributed by atoms with Crippen molar-refractivity contribution in [2.75, 3.05) is 13.7 Å². The van der Waals surface area contributed by atoms with Crippen LogP contribution in [-0.4, -0.2) is 56.7 Å². The zero-order valence-corrected chi connectivity index (χ0v) is 18.1. The van der Waals surface area contributed by atoms with Gasteiger partial charge in [0, 0.05) is 38.0 Å². The molecular weight excluding hydrogens is 396 g/mol. The molecular formula is C22H30N6O3. The molecule has 4 fully saturated rings. The predicted molar refractivity (Wildman–Crippen MR) is 113 cm³/mol. The van der Waals surface area contributed by atoms with Gasteiger partial charge < -0.3 is 15.4 Å². The molecule has 4 aliphatic rings. The van der Waals surface area contributed by atoms with Crippen molar-refractivity contribution >= 4 is 11.8 Å². The summed E-state index contributed by atoms with van der Waals surface area (Å²) in [6.45, 7) is 2.64. The fourth-order valence-corrected chi connectivity index (χ4v) is 6.53. The van der Waals surface area contributed by atoms with E-state index in [1.165, 1.54) is 0 Å². The number of amides is 2. The van der Waals surface area contributed by atoms with Crippen LogP contribution in [0, 0.1) is 17.8 Å². The molecule has 0 aliphatic heterocycles. The Labute approximate surface area is 181 Å². The van der Waals surface area contributed by atoms with Gasteiger partial charge in [-0.2, -0.15) is 10.2 Å². The highest BCUT2D eigenvalue weighted by Gasteiger charge is 2.56. The molecule has 6 rings (SSSR count). The van der Waals surface area contributed by atoms with Crippen molar-refractivity contribution in [3.8, 4) is 5.82 Å². The van der Waals surface area contributed by atoms with Gasteiger partial charge in [-0.25, -0.2) is 9.36 Å². The van der Waals surface area contributed by atoms with Gasteiger partial charge in [-0.3, -0.25) is 9.59 Å². The van der Waals surface area contributed by atoms with E-state index in [0.29, 0.717) is 42.3 Å². The third kappa shape index (κ3) is 3.64. The van der Waals surface area contributed by atoms with E-state index in [1.54, 1.807) is 35.8 Å². The molecule has 2 heterocycles. The van der Waals surface area contributed by atoms with Crippen LogP contribution in [0.1, 0.15) is 49.4 Å². The number of nitrogens with zero attached hydrogens (tertiary/aromatic N) is 4. The summed E-state index contributed by atoms with van der Waals surface area (Å²) < 4.78 is 8.63. The van der Waals surface area contributed by atoms with Gasteiger partial charge in [0.2, 0.25) is 5.91 Å². The maximum absolute atomic E-state index is 13.4. The van der Waals surface area contributed by atoms with Gasteiger partial charge >= 0.3 is 0 Å². The number of carbonyl (C=O) groups excluding carboxylic acids is 2. The van der Waals surface area contributed by atoms with E-state index in [1.807, 2.05) is 12.3 Å². The van der Waals surface area contributed by atoms with E-state index in [-0.39, 0.29) is 23.4 Å². The number of rotatable bonds is 7. The highest BCUT2D eigenvalue weighted by molar-refractivity contribution is 5.97. The Morgan fingerprint density at radius 2 is 2.00 bits per heavy atom. The maximum Gasteiger partial charge on any atom is 0.256 e. The van der Waals surface area contributed by atoms with Gasteiger partial charge in [0.05, 0.1) is 19.3 Å². The summed E-state index contributed by atoms with van der Waals surface area (Å²) in [6.07, 6.45) is 10.4. The molecule has 0 spiro atoms. The molecule has 4 saturated carbocycles. The Bertz CT molecular complexity index is 952. The van der Waals surface area contributed by atoms with Crippen LogP contribution in [-0.2, 0) is 16.1 Å². The molecule has 0 radical (unpaired) electrons. The fraction of sp³-hybridized carbons (Fsp3) is 0.636. The van der Waals surface area contributed by atoms with Crippen molar-refractivity contribution in [3.63, 3.8) is 0 Å². The number of aromatic nitrogens is 4. The second-order valence-corrected chi connectivity index (χ2v) is 9.48. The summed E-state index contributed by atoms with van der Waals surface area (Å²) in [7, 11) is 1.64. The standard InChI is InChI=1S/C22H30N6O3/c1-14(29)26-22-10-15-8-16(11-22)19(17(9-15)12-22)25-20(30)18-13-24-28(6-7-31-2)21(18)27-5-3-4-23-27/h3-5,13,15-17,19H,6-12H2,1-2H3,(H,25,30)(H,26,29)/t15?,16?,17?,19-,22-. The molecule has 9 heteroatoms. The third-order valence-electron chi connectivity index (χ3n) is 7.30. The molecule has 2 N–H and O–H groups in total. The normalized spacial score (nSPS) is 31.0. The molecule has 2 aromatic heterocycles. The van der Waals surface area contributed by atoms with Crippen molar-refractivity contribution in [2.24, 2.45) is 17.8 Å². The summed E-state index contributed by atoms with van der Waals surface area (Å²) in [4.78, 5) is 25.2. The molecule has 2 atom stereocenters. The minimum absolute atomic E-state index is 0.0508. The van der Waals surface area contributed by atoms with Gasteiger partial charge in [0.15, 0.2) is 5.82 Å². The van der Waals surface area contributed by atoms with Crippen molar-refractivity contribution in [3.05, 3.63) is 30.2 Å². The maximum atomic E-state index is 13.4. The van der Waals surface area contributed by atoms with Crippen LogP contribution in [0.5, 0.6) is 0 Å². The first-order chi connectivity index (χ1) is 15.0. The molecule has 4 aliphatic carbocycles. The quantitative estimate of drug-likeness (QED) is 0.699. The SMILES string of the molecule is COCCn1ncc(C(=O)N[C@H]2C3CC4CC2C[C@](NC(C)=O)(C4)C3)c1-n1cccn1. The molecule has 0 aromatic carbocycles. The number of hydrogen-bond acceptors (Lipinski definition) is 5. The Morgan fingerprint density at radius 1 is 1.23 bits per heavy atom. The highest BCUT2D eigenvalue weighted by atomic mass is 16.5.